The Balaban J connectivity index is 1.77. The summed E-state index contributed by atoms with van der Waals surface area (Å²) in [4.78, 5) is 8.24. The Morgan fingerprint density at radius 2 is 1.81 bits per heavy atom. The van der Waals surface area contributed by atoms with E-state index in [1.165, 1.54) is 40.6 Å². The maximum Gasteiger partial charge on any atom is 0.243 e. The van der Waals surface area contributed by atoms with Crippen molar-refractivity contribution in [1.29, 1.82) is 0 Å². The van der Waals surface area contributed by atoms with E-state index in [0.29, 0.717) is 47.7 Å². The monoisotopic (exact) mass is 538 g/mol. The van der Waals surface area contributed by atoms with Gasteiger partial charge in [-0.2, -0.15) is 0 Å². The number of anilines is 1. The Morgan fingerprint density at radius 3 is 2.36 bits per heavy atom. The highest BCUT2D eigenvalue weighted by molar-refractivity contribution is 7.93. The third-order valence-corrected chi connectivity index (χ3v) is 7.79. The van der Waals surface area contributed by atoms with Gasteiger partial charge in [-0.05, 0) is 25.5 Å². The smallest absolute Gasteiger partial charge is 0.243 e. The standard InChI is InChI=1S/C22H27ClN6O6S/c1-13(19(34-4)20-24-10-15(23)11-25-20)36(30,31)28-22-27-26-21(14-8-9-35-12-14)29(22)18-16(32-2)6-5-7-17(18)33-3/h5-7,10-11,13-14,19H,8-9,12H2,1-4H3,(H,27,28)/t13-,14-,19-/m0/s1. The number of rotatable bonds is 10. The summed E-state index contributed by atoms with van der Waals surface area (Å²) in [6.07, 6.45) is 2.49. The van der Waals surface area contributed by atoms with Crippen LogP contribution in [0.15, 0.2) is 30.6 Å². The minimum atomic E-state index is -4.09. The van der Waals surface area contributed by atoms with E-state index >= 15 is 0 Å². The van der Waals surface area contributed by atoms with E-state index in [1.54, 1.807) is 22.8 Å². The number of benzene rings is 1. The van der Waals surface area contributed by atoms with E-state index in [2.05, 4.69) is 24.9 Å². The third kappa shape index (κ3) is 5.09. The van der Waals surface area contributed by atoms with Gasteiger partial charge in [0.05, 0.1) is 25.8 Å². The third-order valence-electron chi connectivity index (χ3n) is 5.91. The van der Waals surface area contributed by atoms with Gasteiger partial charge in [0.2, 0.25) is 16.0 Å². The van der Waals surface area contributed by atoms with Gasteiger partial charge in [-0.3, -0.25) is 9.29 Å². The molecule has 36 heavy (non-hydrogen) atoms. The molecule has 0 spiro atoms. The molecule has 1 saturated heterocycles. The normalized spacial score (nSPS) is 17.5. The van der Waals surface area contributed by atoms with Crippen LogP contribution in [0.3, 0.4) is 0 Å². The highest BCUT2D eigenvalue weighted by Crippen LogP contribution is 2.38. The second-order valence-corrected chi connectivity index (χ2v) is 10.5. The Hall–Kier alpha value is -3.00. The van der Waals surface area contributed by atoms with Crippen LogP contribution >= 0.6 is 11.6 Å². The van der Waals surface area contributed by atoms with Crippen molar-refractivity contribution in [1.82, 2.24) is 24.7 Å². The van der Waals surface area contributed by atoms with Gasteiger partial charge in [0.1, 0.15) is 34.4 Å². The summed E-state index contributed by atoms with van der Waals surface area (Å²) in [5, 5.41) is 7.74. The fourth-order valence-corrected chi connectivity index (χ4v) is 5.22. The molecule has 12 nitrogen and oxygen atoms in total. The summed E-state index contributed by atoms with van der Waals surface area (Å²) in [6.45, 7) is 2.48. The van der Waals surface area contributed by atoms with E-state index in [1.807, 2.05) is 0 Å². The molecule has 0 aliphatic carbocycles. The predicted molar refractivity (Wildman–Crippen MR) is 131 cm³/mol. The van der Waals surface area contributed by atoms with E-state index in [-0.39, 0.29) is 17.7 Å². The zero-order valence-electron chi connectivity index (χ0n) is 20.2. The molecule has 0 amide bonds. The molecule has 14 heteroatoms. The van der Waals surface area contributed by atoms with Crippen LogP contribution < -0.4 is 14.2 Å². The molecule has 4 rings (SSSR count). The van der Waals surface area contributed by atoms with Gasteiger partial charge in [-0.15, -0.1) is 10.2 Å². The van der Waals surface area contributed by atoms with Crippen LogP contribution in [-0.2, 0) is 19.5 Å². The van der Waals surface area contributed by atoms with Crippen LogP contribution in [0.1, 0.15) is 37.0 Å². The summed E-state index contributed by atoms with van der Waals surface area (Å²) >= 11 is 5.87. The number of halogens is 1. The number of methoxy groups -OCH3 is 3. The van der Waals surface area contributed by atoms with Crippen LogP contribution in [0.2, 0.25) is 5.02 Å². The average molecular weight is 539 g/mol. The lowest BCUT2D eigenvalue weighted by Crippen LogP contribution is -2.33. The molecule has 0 unspecified atom stereocenters. The first kappa shape index (κ1) is 26.1. The van der Waals surface area contributed by atoms with Gasteiger partial charge in [-0.1, -0.05) is 17.7 Å². The second-order valence-electron chi connectivity index (χ2n) is 8.06. The number of nitrogens with zero attached hydrogens (tertiary/aromatic N) is 5. The van der Waals surface area contributed by atoms with Crippen molar-refractivity contribution in [2.75, 3.05) is 39.3 Å². The van der Waals surface area contributed by atoms with Crippen molar-refractivity contribution in [2.45, 2.75) is 30.6 Å². The van der Waals surface area contributed by atoms with Crippen molar-refractivity contribution >= 4 is 27.6 Å². The minimum absolute atomic E-state index is 0.0292. The molecule has 1 N–H and O–H groups in total. The van der Waals surface area contributed by atoms with Crippen LogP contribution in [0.25, 0.3) is 5.69 Å². The molecule has 3 atom stereocenters. The number of para-hydroxylation sites is 1. The zero-order valence-corrected chi connectivity index (χ0v) is 21.8. The molecule has 1 aliphatic rings. The average Bonchev–Trinajstić information content (AvgIpc) is 3.54. The molecule has 0 saturated carbocycles. The first-order chi connectivity index (χ1) is 17.3. The number of ether oxygens (including phenoxy) is 4. The molecule has 1 fully saturated rings. The van der Waals surface area contributed by atoms with E-state index in [9.17, 15) is 8.42 Å². The number of hydrogen-bond donors (Lipinski definition) is 1. The van der Waals surface area contributed by atoms with Crippen molar-refractivity contribution in [2.24, 2.45) is 0 Å². The van der Waals surface area contributed by atoms with Crippen molar-refractivity contribution in [3.8, 4) is 17.2 Å². The van der Waals surface area contributed by atoms with Crippen LogP contribution in [0, 0.1) is 0 Å². The maximum absolute atomic E-state index is 13.5. The van der Waals surface area contributed by atoms with Gasteiger partial charge in [-0.25, -0.2) is 18.4 Å². The van der Waals surface area contributed by atoms with Gasteiger partial charge >= 0.3 is 0 Å². The number of nitrogens with one attached hydrogen (secondary N) is 1. The molecule has 194 valence electrons. The number of aromatic nitrogens is 5. The first-order valence-electron chi connectivity index (χ1n) is 11.1. The summed E-state index contributed by atoms with van der Waals surface area (Å²) in [7, 11) is 0.329. The molecule has 1 aliphatic heterocycles. The molecular formula is C22H27ClN6O6S. The Bertz CT molecular complexity index is 1270. The van der Waals surface area contributed by atoms with Gasteiger partial charge in [0.25, 0.3) is 0 Å². The lowest BCUT2D eigenvalue weighted by atomic mass is 10.1. The van der Waals surface area contributed by atoms with Gasteiger partial charge in [0.15, 0.2) is 5.82 Å². The Kier molecular flexibility index (Phi) is 7.93. The summed E-state index contributed by atoms with van der Waals surface area (Å²) in [5.41, 5.74) is 0.462. The molecule has 3 heterocycles. The van der Waals surface area contributed by atoms with Crippen molar-refractivity contribution in [3.05, 3.63) is 47.3 Å². The highest BCUT2D eigenvalue weighted by Gasteiger charge is 2.36. The highest BCUT2D eigenvalue weighted by atomic mass is 35.5. The fourth-order valence-electron chi connectivity index (χ4n) is 4.00. The number of hydrogen-bond acceptors (Lipinski definition) is 10. The first-order valence-corrected chi connectivity index (χ1v) is 13.0. The quantitative estimate of drug-likeness (QED) is 0.409. The van der Waals surface area contributed by atoms with Crippen LogP contribution in [0.4, 0.5) is 5.95 Å². The topological polar surface area (TPSA) is 140 Å². The van der Waals surface area contributed by atoms with E-state index in [0.717, 1.165) is 0 Å². The van der Waals surface area contributed by atoms with E-state index < -0.39 is 21.4 Å². The SMILES string of the molecule is COc1cccc(OC)c1-n1c(NS(=O)(=O)[C@@H](C)[C@H](OC)c2ncc(Cl)cn2)nnc1[C@H]1CCOC1. The lowest BCUT2D eigenvalue weighted by molar-refractivity contribution is 0.0950. The minimum Gasteiger partial charge on any atom is -0.494 e. The van der Waals surface area contributed by atoms with Crippen LogP contribution in [-0.4, -0.2) is 72.9 Å². The largest absolute Gasteiger partial charge is 0.494 e. The van der Waals surface area contributed by atoms with Crippen molar-refractivity contribution in [3.63, 3.8) is 0 Å². The lowest BCUT2D eigenvalue weighted by Gasteiger charge is -2.23. The molecule has 0 radical (unpaired) electrons. The molecule has 2 aromatic heterocycles. The molecule has 0 bridgehead atoms. The van der Waals surface area contributed by atoms with Gasteiger partial charge in [0, 0.05) is 32.0 Å². The number of sulfonamides is 1. The molecule has 1 aromatic carbocycles. The van der Waals surface area contributed by atoms with E-state index in [4.69, 9.17) is 30.5 Å². The van der Waals surface area contributed by atoms with Crippen molar-refractivity contribution < 1.29 is 27.4 Å². The van der Waals surface area contributed by atoms with Gasteiger partial charge < -0.3 is 18.9 Å². The zero-order chi connectivity index (χ0) is 25.9. The predicted octanol–water partition coefficient (Wildman–Crippen LogP) is 2.75. The molecule has 3 aromatic rings. The molecular weight excluding hydrogens is 512 g/mol. The maximum atomic E-state index is 13.5. The van der Waals surface area contributed by atoms with Crippen LogP contribution in [0.5, 0.6) is 11.5 Å². The summed E-state index contributed by atoms with van der Waals surface area (Å²) in [5.74, 6) is 1.47. The Labute approximate surface area is 214 Å². The Morgan fingerprint density at radius 1 is 1.14 bits per heavy atom. The fraction of sp³-hybridized carbons (Fsp3) is 0.455. The second kappa shape index (κ2) is 10.9. The summed E-state index contributed by atoms with van der Waals surface area (Å²) in [6, 6.07) is 5.25. The summed E-state index contributed by atoms with van der Waals surface area (Å²) < 4.78 is 53.4.